The number of fused-ring (bicyclic) bond motifs is 4. The number of piperidine rings is 1. The molecule has 1 amide bonds. The van der Waals surface area contributed by atoms with Gasteiger partial charge in [0.15, 0.2) is 0 Å². The predicted molar refractivity (Wildman–Crippen MR) is 109 cm³/mol. The molecule has 0 unspecified atom stereocenters. The number of amides is 1. The van der Waals surface area contributed by atoms with E-state index in [1.165, 1.54) is 0 Å². The Morgan fingerprint density at radius 2 is 2.10 bits per heavy atom. The fraction of sp³-hybridized carbons (Fsp3) is 0.682. The van der Waals surface area contributed by atoms with Crippen LogP contribution in [-0.4, -0.2) is 52.8 Å². The van der Waals surface area contributed by atoms with Gasteiger partial charge in [-0.05, 0) is 50.0 Å². The maximum atomic E-state index is 12.9. The van der Waals surface area contributed by atoms with E-state index in [-0.39, 0.29) is 36.0 Å². The molecule has 4 rings (SSSR count). The number of carbonyl (C=O) groups excluding carboxylic acids is 1. The van der Waals surface area contributed by atoms with E-state index in [4.69, 9.17) is 14.6 Å². The van der Waals surface area contributed by atoms with Crippen LogP contribution in [0.25, 0.3) is 0 Å². The first-order chi connectivity index (χ1) is 14.0. The third-order valence-corrected chi connectivity index (χ3v) is 6.35. The summed E-state index contributed by atoms with van der Waals surface area (Å²) in [5.74, 6) is 1.41. The third kappa shape index (κ3) is 4.71. The minimum atomic E-state index is -0.250. The molecule has 0 aliphatic carbocycles. The molecule has 7 nitrogen and oxygen atoms in total. The first-order valence-corrected chi connectivity index (χ1v) is 10.7. The summed E-state index contributed by atoms with van der Waals surface area (Å²) in [4.78, 5) is 35.9. The first kappa shape index (κ1) is 21.6. The molecule has 0 radical (unpaired) electrons. The van der Waals surface area contributed by atoms with Crippen LogP contribution in [0.2, 0.25) is 0 Å². The van der Waals surface area contributed by atoms with Gasteiger partial charge in [-0.15, -0.1) is 0 Å². The summed E-state index contributed by atoms with van der Waals surface area (Å²) in [6.07, 6.45) is 4.77. The number of rotatable bonds is 4. The Morgan fingerprint density at radius 3 is 2.76 bits per heavy atom. The molecular formula is C22H32N2O5. The number of likely N-dealkylation sites (tertiary alicyclic amines) is 1. The van der Waals surface area contributed by atoms with E-state index in [2.05, 4.69) is 24.5 Å². The van der Waals surface area contributed by atoms with Crippen LogP contribution in [0, 0.1) is 11.8 Å². The van der Waals surface area contributed by atoms with E-state index in [0.29, 0.717) is 18.4 Å². The van der Waals surface area contributed by atoms with E-state index < -0.39 is 0 Å². The van der Waals surface area contributed by atoms with Gasteiger partial charge in [0.05, 0.1) is 0 Å². The summed E-state index contributed by atoms with van der Waals surface area (Å²) in [6.45, 7) is 6.39. The Bertz CT molecular complexity index is 769. The Kier molecular flexibility index (Phi) is 7.11. The number of aromatic nitrogens is 1. The van der Waals surface area contributed by atoms with E-state index in [9.17, 15) is 9.59 Å². The van der Waals surface area contributed by atoms with Crippen molar-refractivity contribution in [3.05, 3.63) is 34.2 Å². The van der Waals surface area contributed by atoms with Crippen LogP contribution < -0.4 is 5.56 Å². The lowest BCUT2D eigenvalue weighted by Gasteiger charge is -2.47. The van der Waals surface area contributed by atoms with Gasteiger partial charge in [0.25, 0.3) is 17.9 Å². The average Bonchev–Trinajstić information content (AvgIpc) is 3.23. The molecule has 2 fully saturated rings. The quantitative estimate of drug-likeness (QED) is 0.780. The molecule has 2 bridgehead atoms. The van der Waals surface area contributed by atoms with Crippen molar-refractivity contribution in [1.82, 2.24) is 9.47 Å². The van der Waals surface area contributed by atoms with Gasteiger partial charge >= 0.3 is 0 Å². The lowest BCUT2D eigenvalue weighted by Crippen LogP contribution is -2.53. The maximum absolute atomic E-state index is 12.9. The summed E-state index contributed by atoms with van der Waals surface area (Å²) < 4.78 is 7.69. The molecule has 1 aromatic rings. The van der Waals surface area contributed by atoms with Crippen molar-refractivity contribution in [2.24, 2.45) is 11.8 Å². The van der Waals surface area contributed by atoms with Crippen LogP contribution in [0.15, 0.2) is 23.0 Å². The highest BCUT2D eigenvalue weighted by Crippen LogP contribution is 2.43. The molecule has 1 aromatic heterocycles. The molecule has 4 atom stereocenters. The van der Waals surface area contributed by atoms with E-state index >= 15 is 0 Å². The van der Waals surface area contributed by atoms with Crippen LogP contribution >= 0.6 is 0 Å². The molecule has 3 aliphatic rings. The molecule has 1 N–H and O–H groups in total. The van der Waals surface area contributed by atoms with Gasteiger partial charge in [0, 0.05) is 43.4 Å². The minimum absolute atomic E-state index is 0.116. The highest BCUT2D eigenvalue weighted by molar-refractivity contribution is 5.81. The van der Waals surface area contributed by atoms with Crippen molar-refractivity contribution >= 4 is 12.4 Å². The smallest absolute Gasteiger partial charge is 0.290 e. The van der Waals surface area contributed by atoms with Crippen LogP contribution in [0.5, 0.6) is 0 Å². The summed E-state index contributed by atoms with van der Waals surface area (Å²) in [6, 6.07) is 5.85. The van der Waals surface area contributed by atoms with Gasteiger partial charge < -0.3 is 19.3 Å². The standard InChI is InChI=1S/C21H30N2O3.CH2O2/c1-14(2)8-9-18-16-11-15(17-5-3-7-20(24)23(17)18)12-22(13-16)21(25)19-6-4-10-26-19;2-1-3/h3,5,7,14-16,18-19H,4,6,8-13H2,1-2H3;1H,(H,2,3)/t15-,16+,18+,19-;/m1./s1. The van der Waals surface area contributed by atoms with Gasteiger partial charge in [0.2, 0.25) is 0 Å². The number of hydrogen-bond donors (Lipinski definition) is 1. The summed E-state index contributed by atoms with van der Waals surface area (Å²) in [7, 11) is 0. The zero-order valence-electron chi connectivity index (χ0n) is 17.3. The Balaban J connectivity index is 0.000000755. The number of hydrogen-bond acceptors (Lipinski definition) is 4. The predicted octanol–water partition coefficient (Wildman–Crippen LogP) is 2.65. The number of ether oxygens (including phenoxy) is 1. The fourth-order valence-electron chi connectivity index (χ4n) is 5.07. The Labute approximate surface area is 171 Å². The van der Waals surface area contributed by atoms with Crippen LogP contribution in [0.3, 0.4) is 0 Å². The largest absolute Gasteiger partial charge is 0.483 e. The molecule has 0 aromatic carbocycles. The second-order valence-electron chi connectivity index (χ2n) is 8.74. The van der Waals surface area contributed by atoms with Crippen molar-refractivity contribution in [3.8, 4) is 0 Å². The van der Waals surface area contributed by atoms with E-state index in [1.54, 1.807) is 6.07 Å². The number of carbonyl (C=O) groups is 2. The van der Waals surface area contributed by atoms with Crippen molar-refractivity contribution < 1.29 is 19.4 Å². The zero-order valence-corrected chi connectivity index (χ0v) is 17.3. The molecule has 0 saturated carbocycles. The van der Waals surface area contributed by atoms with Crippen molar-refractivity contribution in [3.63, 3.8) is 0 Å². The van der Waals surface area contributed by atoms with Gasteiger partial charge in [-0.1, -0.05) is 19.9 Å². The lowest BCUT2D eigenvalue weighted by atomic mass is 9.76. The molecule has 29 heavy (non-hydrogen) atoms. The summed E-state index contributed by atoms with van der Waals surface area (Å²) >= 11 is 0. The minimum Gasteiger partial charge on any atom is -0.483 e. The monoisotopic (exact) mass is 404 g/mol. The van der Waals surface area contributed by atoms with Crippen LogP contribution in [-0.2, 0) is 14.3 Å². The third-order valence-electron chi connectivity index (χ3n) is 6.35. The van der Waals surface area contributed by atoms with Crippen LogP contribution in [0.1, 0.15) is 63.6 Å². The van der Waals surface area contributed by atoms with Crippen molar-refractivity contribution in [1.29, 1.82) is 0 Å². The molecule has 0 spiro atoms. The van der Waals surface area contributed by atoms with Gasteiger partial charge in [-0.2, -0.15) is 0 Å². The van der Waals surface area contributed by atoms with Crippen molar-refractivity contribution in [2.75, 3.05) is 19.7 Å². The zero-order chi connectivity index (χ0) is 21.0. The van der Waals surface area contributed by atoms with E-state index in [0.717, 1.165) is 50.9 Å². The average molecular weight is 405 g/mol. The topological polar surface area (TPSA) is 88.8 Å². The molecule has 7 heteroatoms. The molecule has 2 saturated heterocycles. The van der Waals surface area contributed by atoms with Crippen LogP contribution in [0.4, 0.5) is 0 Å². The number of nitrogens with zero attached hydrogens (tertiary/aromatic N) is 2. The molecular weight excluding hydrogens is 372 g/mol. The summed E-state index contributed by atoms with van der Waals surface area (Å²) in [5, 5.41) is 6.89. The molecule has 3 aliphatic heterocycles. The SMILES string of the molecule is CC(C)CC[C@H]1[C@H]2C[C@H](CN(C(=O)[C@H]3CCCO3)C2)c2cccc(=O)n21.O=CO. The lowest BCUT2D eigenvalue weighted by molar-refractivity contribution is -0.144. The fourth-order valence-corrected chi connectivity index (χ4v) is 5.07. The van der Waals surface area contributed by atoms with E-state index in [1.807, 2.05) is 11.0 Å². The molecule has 160 valence electrons. The van der Waals surface area contributed by atoms with Gasteiger partial charge in [0.1, 0.15) is 6.10 Å². The highest BCUT2D eigenvalue weighted by atomic mass is 16.5. The first-order valence-electron chi connectivity index (χ1n) is 10.7. The van der Waals surface area contributed by atoms with Gasteiger partial charge in [-0.3, -0.25) is 14.4 Å². The number of carboxylic acid groups (broad SMARTS) is 1. The second kappa shape index (κ2) is 9.57. The normalized spacial score (nSPS) is 27.8. The maximum Gasteiger partial charge on any atom is 0.290 e. The summed E-state index contributed by atoms with van der Waals surface area (Å²) in [5.41, 5.74) is 1.23. The van der Waals surface area contributed by atoms with Crippen molar-refractivity contribution in [2.45, 2.75) is 64.0 Å². The number of pyridine rings is 1. The van der Waals surface area contributed by atoms with Gasteiger partial charge in [-0.25, -0.2) is 0 Å². The second-order valence-corrected chi connectivity index (χ2v) is 8.74. The highest BCUT2D eigenvalue weighted by Gasteiger charge is 2.43. The Morgan fingerprint density at radius 1 is 1.34 bits per heavy atom. The molecule has 4 heterocycles. The Hall–Kier alpha value is -2.15.